The van der Waals surface area contributed by atoms with E-state index in [0.29, 0.717) is 17.1 Å². The summed E-state index contributed by atoms with van der Waals surface area (Å²) in [5.74, 6) is -0.237. The van der Waals surface area contributed by atoms with Gasteiger partial charge in [0.2, 0.25) is 11.8 Å². The van der Waals surface area contributed by atoms with Crippen LogP contribution in [-0.4, -0.2) is 25.0 Å². The van der Waals surface area contributed by atoms with Crippen molar-refractivity contribution < 1.29 is 27.5 Å². The van der Waals surface area contributed by atoms with Gasteiger partial charge in [0.05, 0.1) is 18.4 Å². The Balaban J connectivity index is 2.08. The van der Waals surface area contributed by atoms with Crippen molar-refractivity contribution in [3.8, 4) is 5.75 Å². The van der Waals surface area contributed by atoms with Gasteiger partial charge in [-0.3, -0.25) is 9.59 Å². The second-order valence-corrected chi connectivity index (χ2v) is 6.03. The van der Waals surface area contributed by atoms with Gasteiger partial charge in [-0.1, -0.05) is 0 Å². The van der Waals surface area contributed by atoms with E-state index in [-0.39, 0.29) is 11.6 Å². The van der Waals surface area contributed by atoms with Crippen LogP contribution < -0.4 is 20.7 Å². The number of alkyl halides is 3. The number of methoxy groups -OCH3 is 1. The zero-order valence-corrected chi connectivity index (χ0v) is 15.5. The minimum Gasteiger partial charge on any atom is -0.495 e. The number of benzene rings is 2. The molecule has 9 heteroatoms. The number of hydrogen-bond acceptors (Lipinski definition) is 4. The Morgan fingerprint density at radius 3 is 2.14 bits per heavy atom. The van der Waals surface area contributed by atoms with E-state index in [4.69, 9.17) is 4.74 Å². The summed E-state index contributed by atoms with van der Waals surface area (Å²) in [4.78, 5) is 23.6. The molecule has 0 fully saturated rings. The van der Waals surface area contributed by atoms with Crippen molar-refractivity contribution in [1.29, 1.82) is 0 Å². The van der Waals surface area contributed by atoms with Gasteiger partial charge < -0.3 is 20.7 Å². The maximum absolute atomic E-state index is 12.6. The first-order chi connectivity index (χ1) is 13.1. The van der Waals surface area contributed by atoms with E-state index in [2.05, 4.69) is 16.0 Å². The molecule has 2 aromatic carbocycles. The van der Waals surface area contributed by atoms with Crippen LogP contribution in [0.1, 0.15) is 19.4 Å². The van der Waals surface area contributed by atoms with Gasteiger partial charge in [0.15, 0.2) is 0 Å². The molecule has 150 valence electrons. The molecule has 2 amide bonds. The van der Waals surface area contributed by atoms with E-state index in [1.165, 1.54) is 26.2 Å². The first-order valence-corrected chi connectivity index (χ1v) is 8.30. The Hall–Kier alpha value is -3.23. The van der Waals surface area contributed by atoms with E-state index >= 15 is 0 Å². The van der Waals surface area contributed by atoms with Gasteiger partial charge in [-0.2, -0.15) is 13.2 Å². The molecule has 3 N–H and O–H groups in total. The molecule has 0 aromatic heterocycles. The summed E-state index contributed by atoms with van der Waals surface area (Å²) in [5, 5.41) is 8.14. The van der Waals surface area contributed by atoms with Gasteiger partial charge in [-0.25, -0.2) is 0 Å². The van der Waals surface area contributed by atoms with E-state index in [9.17, 15) is 22.8 Å². The highest BCUT2D eigenvalue weighted by molar-refractivity contribution is 5.96. The third-order valence-corrected chi connectivity index (χ3v) is 3.76. The van der Waals surface area contributed by atoms with E-state index < -0.39 is 23.7 Å². The predicted octanol–water partition coefficient (Wildman–Crippen LogP) is 4.11. The standard InChI is InChI=1S/C19H20F3N3O3/c1-11(18(27)25-14-6-4-13(5-7-14)19(20,21)22)23-16-10-15(24-12(2)26)8-9-17(16)28-3/h4-11,23H,1-3H3,(H,24,26)(H,25,27). The summed E-state index contributed by atoms with van der Waals surface area (Å²) in [5.41, 5.74) is 0.441. The number of ether oxygens (including phenoxy) is 1. The van der Waals surface area contributed by atoms with Crippen LogP contribution in [0.3, 0.4) is 0 Å². The molecule has 1 unspecified atom stereocenters. The Kier molecular flexibility index (Phi) is 6.50. The quantitative estimate of drug-likeness (QED) is 0.688. The lowest BCUT2D eigenvalue weighted by atomic mass is 10.2. The van der Waals surface area contributed by atoms with Crippen LogP contribution in [0.4, 0.5) is 30.2 Å². The Morgan fingerprint density at radius 1 is 1.00 bits per heavy atom. The molecule has 28 heavy (non-hydrogen) atoms. The van der Waals surface area contributed by atoms with Crippen LogP contribution in [-0.2, 0) is 15.8 Å². The van der Waals surface area contributed by atoms with Crippen LogP contribution in [0, 0.1) is 0 Å². The van der Waals surface area contributed by atoms with Gasteiger partial charge in [0.25, 0.3) is 0 Å². The average molecular weight is 395 g/mol. The summed E-state index contributed by atoms with van der Waals surface area (Å²) in [6, 6.07) is 8.33. The second kappa shape index (κ2) is 8.64. The van der Waals surface area contributed by atoms with E-state index in [1.807, 2.05) is 0 Å². The number of amides is 2. The van der Waals surface area contributed by atoms with Crippen molar-refractivity contribution in [2.24, 2.45) is 0 Å². The number of carbonyl (C=O) groups excluding carboxylic acids is 2. The Bertz CT molecular complexity index is 852. The Morgan fingerprint density at radius 2 is 1.61 bits per heavy atom. The highest BCUT2D eigenvalue weighted by atomic mass is 19.4. The molecule has 1 atom stereocenters. The zero-order chi connectivity index (χ0) is 20.9. The normalized spacial score (nSPS) is 12.1. The van der Waals surface area contributed by atoms with Crippen molar-refractivity contribution in [1.82, 2.24) is 0 Å². The number of nitrogens with one attached hydrogen (secondary N) is 3. The lowest BCUT2D eigenvalue weighted by Gasteiger charge is -2.18. The molecule has 2 aromatic rings. The fourth-order valence-electron chi connectivity index (χ4n) is 2.39. The average Bonchev–Trinajstić information content (AvgIpc) is 2.61. The lowest BCUT2D eigenvalue weighted by Crippen LogP contribution is -2.32. The topological polar surface area (TPSA) is 79.5 Å². The van der Waals surface area contributed by atoms with Crippen molar-refractivity contribution >= 4 is 28.9 Å². The summed E-state index contributed by atoms with van der Waals surface area (Å²) < 4.78 is 43.0. The molecule has 2 rings (SSSR count). The van der Waals surface area contributed by atoms with Crippen LogP contribution in [0.25, 0.3) is 0 Å². The van der Waals surface area contributed by atoms with Gasteiger partial charge in [-0.15, -0.1) is 0 Å². The van der Waals surface area contributed by atoms with Crippen LogP contribution >= 0.6 is 0 Å². The summed E-state index contributed by atoms with van der Waals surface area (Å²) >= 11 is 0. The summed E-state index contributed by atoms with van der Waals surface area (Å²) in [7, 11) is 1.46. The molecule has 0 saturated heterocycles. The second-order valence-electron chi connectivity index (χ2n) is 6.03. The third-order valence-electron chi connectivity index (χ3n) is 3.76. The van der Waals surface area contributed by atoms with Gasteiger partial charge in [-0.05, 0) is 49.4 Å². The molecule has 0 aliphatic rings. The van der Waals surface area contributed by atoms with Crippen molar-refractivity contribution in [3.05, 3.63) is 48.0 Å². The number of carbonyl (C=O) groups is 2. The minimum atomic E-state index is -4.44. The molecule has 0 radical (unpaired) electrons. The highest BCUT2D eigenvalue weighted by Gasteiger charge is 2.30. The molecule has 0 saturated carbocycles. The zero-order valence-electron chi connectivity index (χ0n) is 15.5. The largest absolute Gasteiger partial charge is 0.495 e. The third kappa shape index (κ3) is 5.63. The summed E-state index contributed by atoms with van der Waals surface area (Å²) in [6.07, 6.45) is -4.44. The van der Waals surface area contributed by atoms with Gasteiger partial charge >= 0.3 is 6.18 Å². The van der Waals surface area contributed by atoms with Gasteiger partial charge in [0.1, 0.15) is 11.8 Å². The van der Waals surface area contributed by atoms with Crippen molar-refractivity contribution in [2.45, 2.75) is 26.1 Å². The molecule has 0 heterocycles. The monoisotopic (exact) mass is 395 g/mol. The molecule has 0 aliphatic heterocycles. The first kappa shape index (κ1) is 21.1. The van der Waals surface area contributed by atoms with Crippen LogP contribution in [0.5, 0.6) is 5.75 Å². The highest BCUT2D eigenvalue weighted by Crippen LogP contribution is 2.30. The van der Waals surface area contributed by atoms with Crippen molar-refractivity contribution in [3.63, 3.8) is 0 Å². The fraction of sp³-hybridized carbons (Fsp3) is 0.263. The lowest BCUT2D eigenvalue weighted by molar-refractivity contribution is -0.137. The number of halogens is 3. The number of anilines is 3. The van der Waals surface area contributed by atoms with E-state index in [1.54, 1.807) is 25.1 Å². The molecule has 6 nitrogen and oxygen atoms in total. The molecular formula is C19H20F3N3O3. The van der Waals surface area contributed by atoms with Gasteiger partial charge in [0, 0.05) is 18.3 Å². The van der Waals surface area contributed by atoms with Crippen LogP contribution in [0.2, 0.25) is 0 Å². The Labute approximate surface area is 160 Å². The SMILES string of the molecule is COc1ccc(NC(C)=O)cc1NC(C)C(=O)Nc1ccc(C(F)(F)F)cc1. The fourth-order valence-corrected chi connectivity index (χ4v) is 2.39. The van der Waals surface area contributed by atoms with Crippen molar-refractivity contribution in [2.75, 3.05) is 23.1 Å². The molecule has 0 bridgehead atoms. The first-order valence-electron chi connectivity index (χ1n) is 8.30. The smallest absolute Gasteiger partial charge is 0.416 e. The molecule has 0 aliphatic carbocycles. The van der Waals surface area contributed by atoms with E-state index in [0.717, 1.165) is 12.1 Å². The molecular weight excluding hydrogens is 375 g/mol. The molecule has 0 spiro atoms. The number of hydrogen-bond donors (Lipinski definition) is 3. The predicted molar refractivity (Wildman–Crippen MR) is 100 cm³/mol. The number of rotatable bonds is 6. The minimum absolute atomic E-state index is 0.241. The maximum Gasteiger partial charge on any atom is 0.416 e. The summed E-state index contributed by atoms with van der Waals surface area (Å²) in [6.45, 7) is 2.96. The maximum atomic E-state index is 12.6. The van der Waals surface area contributed by atoms with Crippen LogP contribution in [0.15, 0.2) is 42.5 Å².